The number of nitrogens with zero attached hydrogens (tertiary/aromatic N) is 2. The van der Waals surface area contributed by atoms with Crippen molar-refractivity contribution >= 4 is 5.91 Å². The van der Waals surface area contributed by atoms with E-state index >= 15 is 0 Å². The third kappa shape index (κ3) is 1.91. The first-order valence-electron chi connectivity index (χ1n) is 4.85. The van der Waals surface area contributed by atoms with Gasteiger partial charge in [-0.1, -0.05) is 11.6 Å². The average Bonchev–Trinajstić information content (AvgIpc) is 2.29. The Labute approximate surface area is 93.2 Å². The summed E-state index contributed by atoms with van der Waals surface area (Å²) >= 11 is 0. The fraction of sp³-hybridized carbons (Fsp3) is 0.0833. The van der Waals surface area contributed by atoms with Gasteiger partial charge in [-0.05, 0) is 25.1 Å². The number of hydrogen-bond acceptors (Lipinski definition) is 3. The Bertz CT molecular complexity index is 523. The normalized spacial score (nSPS) is 10.1. The molecular weight excluding hydrogens is 202 g/mol. The van der Waals surface area contributed by atoms with E-state index in [1.54, 1.807) is 18.3 Å². The molecule has 0 aliphatic carbocycles. The molecule has 2 N–H and O–H groups in total. The first-order valence-corrected chi connectivity index (χ1v) is 4.85. The second kappa shape index (κ2) is 4.10. The highest BCUT2D eigenvalue weighted by Gasteiger charge is 2.10. The van der Waals surface area contributed by atoms with Crippen molar-refractivity contribution in [2.45, 2.75) is 6.92 Å². The minimum absolute atomic E-state index is 0.450. The minimum Gasteiger partial charge on any atom is -0.366 e. The van der Waals surface area contributed by atoms with Crippen LogP contribution in [0, 0.1) is 6.92 Å². The van der Waals surface area contributed by atoms with Crippen molar-refractivity contribution in [1.82, 2.24) is 9.97 Å². The quantitative estimate of drug-likeness (QED) is 0.822. The van der Waals surface area contributed by atoms with Gasteiger partial charge in [-0.15, -0.1) is 0 Å². The van der Waals surface area contributed by atoms with Gasteiger partial charge in [0.25, 0.3) is 0 Å². The molecule has 1 heterocycles. The fourth-order valence-corrected chi connectivity index (χ4v) is 1.53. The van der Waals surface area contributed by atoms with E-state index in [9.17, 15) is 4.79 Å². The van der Waals surface area contributed by atoms with Gasteiger partial charge in [0.15, 0.2) is 0 Å². The molecule has 4 nitrogen and oxygen atoms in total. The average molecular weight is 213 g/mol. The summed E-state index contributed by atoms with van der Waals surface area (Å²) in [6, 6.07) is 7.21. The number of carbonyl (C=O) groups excluding carboxylic acids is 1. The van der Waals surface area contributed by atoms with Crippen molar-refractivity contribution in [3.63, 3.8) is 0 Å². The molecule has 1 aromatic carbocycles. The lowest BCUT2D eigenvalue weighted by atomic mass is 10.0. The lowest BCUT2D eigenvalue weighted by molar-refractivity contribution is 0.100. The molecule has 0 atom stereocenters. The number of hydrogen-bond donors (Lipinski definition) is 1. The maximum Gasteiger partial charge on any atom is 0.249 e. The summed E-state index contributed by atoms with van der Waals surface area (Å²) in [4.78, 5) is 19.2. The third-order valence-electron chi connectivity index (χ3n) is 2.30. The first-order chi connectivity index (χ1) is 7.68. The molecule has 2 aromatic rings. The van der Waals surface area contributed by atoms with Gasteiger partial charge in [-0.2, -0.15) is 0 Å². The Morgan fingerprint density at radius 1 is 1.31 bits per heavy atom. The van der Waals surface area contributed by atoms with Gasteiger partial charge in [0.05, 0.1) is 5.69 Å². The van der Waals surface area contributed by atoms with Gasteiger partial charge >= 0.3 is 0 Å². The van der Waals surface area contributed by atoms with Crippen molar-refractivity contribution in [1.29, 1.82) is 0 Å². The molecule has 0 radical (unpaired) electrons. The van der Waals surface area contributed by atoms with Gasteiger partial charge in [-0.25, -0.2) is 9.97 Å². The number of aromatic nitrogens is 2. The molecule has 0 aliphatic rings. The molecule has 0 saturated carbocycles. The van der Waals surface area contributed by atoms with Gasteiger partial charge < -0.3 is 5.73 Å². The highest BCUT2D eigenvalue weighted by Crippen LogP contribution is 2.22. The van der Waals surface area contributed by atoms with Crippen LogP contribution in [-0.4, -0.2) is 15.9 Å². The van der Waals surface area contributed by atoms with E-state index in [1.807, 2.05) is 19.1 Å². The van der Waals surface area contributed by atoms with Crippen LogP contribution >= 0.6 is 0 Å². The van der Waals surface area contributed by atoms with Crippen LogP contribution in [0.2, 0.25) is 0 Å². The van der Waals surface area contributed by atoms with E-state index in [1.165, 1.54) is 6.33 Å². The highest BCUT2D eigenvalue weighted by atomic mass is 16.1. The van der Waals surface area contributed by atoms with Crippen molar-refractivity contribution in [3.8, 4) is 11.3 Å². The molecule has 0 bridgehead atoms. The predicted molar refractivity (Wildman–Crippen MR) is 60.7 cm³/mol. The van der Waals surface area contributed by atoms with Crippen molar-refractivity contribution in [3.05, 3.63) is 47.9 Å². The number of amides is 1. The molecule has 4 heteroatoms. The summed E-state index contributed by atoms with van der Waals surface area (Å²) in [6.45, 7) is 1.95. The monoisotopic (exact) mass is 213 g/mol. The Hall–Kier alpha value is -2.23. The van der Waals surface area contributed by atoms with Gasteiger partial charge in [-0.3, -0.25) is 4.79 Å². The molecule has 0 saturated heterocycles. The maximum atomic E-state index is 11.3. The zero-order chi connectivity index (χ0) is 11.5. The molecule has 1 amide bonds. The molecule has 0 spiro atoms. The second-order valence-electron chi connectivity index (χ2n) is 3.51. The van der Waals surface area contributed by atoms with Gasteiger partial charge in [0, 0.05) is 17.3 Å². The summed E-state index contributed by atoms with van der Waals surface area (Å²) < 4.78 is 0. The van der Waals surface area contributed by atoms with Crippen LogP contribution in [0.5, 0.6) is 0 Å². The number of benzene rings is 1. The van der Waals surface area contributed by atoms with Crippen molar-refractivity contribution in [2.75, 3.05) is 0 Å². The van der Waals surface area contributed by atoms with Gasteiger partial charge in [0.2, 0.25) is 5.91 Å². The summed E-state index contributed by atoms with van der Waals surface area (Å²) in [7, 11) is 0. The van der Waals surface area contributed by atoms with Crippen molar-refractivity contribution in [2.24, 2.45) is 5.73 Å². The molecule has 0 fully saturated rings. The van der Waals surface area contributed by atoms with Crippen LogP contribution in [0.4, 0.5) is 0 Å². The summed E-state index contributed by atoms with van der Waals surface area (Å²) in [5, 5.41) is 0. The molecule has 1 aromatic heterocycles. The lowest BCUT2D eigenvalue weighted by Gasteiger charge is -2.06. The van der Waals surface area contributed by atoms with Crippen LogP contribution < -0.4 is 5.73 Å². The molecule has 16 heavy (non-hydrogen) atoms. The fourth-order valence-electron chi connectivity index (χ4n) is 1.53. The van der Waals surface area contributed by atoms with E-state index in [0.717, 1.165) is 11.1 Å². The van der Waals surface area contributed by atoms with Crippen LogP contribution in [0.1, 0.15) is 15.9 Å². The zero-order valence-electron chi connectivity index (χ0n) is 8.84. The molecule has 2 rings (SSSR count). The number of rotatable bonds is 2. The summed E-state index contributed by atoms with van der Waals surface area (Å²) in [5.41, 5.74) is 8.30. The molecule has 80 valence electrons. The Balaban J connectivity index is 2.63. The smallest absolute Gasteiger partial charge is 0.249 e. The highest BCUT2D eigenvalue weighted by molar-refractivity contribution is 5.99. The number of carbonyl (C=O) groups is 1. The van der Waals surface area contributed by atoms with Crippen LogP contribution in [0.25, 0.3) is 11.3 Å². The summed E-state index contributed by atoms with van der Waals surface area (Å²) in [5.74, 6) is -0.450. The Morgan fingerprint density at radius 2 is 2.12 bits per heavy atom. The standard InChI is InChI=1S/C12H11N3O/c1-8-2-3-9(12(13)16)10(6-8)11-4-5-14-7-15-11/h2-7H,1H3,(H2,13,16). The van der Waals surface area contributed by atoms with E-state index < -0.39 is 5.91 Å². The van der Waals surface area contributed by atoms with Crippen LogP contribution in [0.15, 0.2) is 36.8 Å². The van der Waals surface area contributed by atoms with Gasteiger partial charge in [0.1, 0.15) is 6.33 Å². The number of aryl methyl sites for hydroxylation is 1. The van der Waals surface area contributed by atoms with E-state index in [-0.39, 0.29) is 0 Å². The minimum atomic E-state index is -0.450. The lowest BCUT2D eigenvalue weighted by Crippen LogP contribution is -2.12. The van der Waals surface area contributed by atoms with E-state index in [4.69, 9.17) is 5.73 Å². The largest absolute Gasteiger partial charge is 0.366 e. The van der Waals surface area contributed by atoms with Crippen molar-refractivity contribution < 1.29 is 4.79 Å². The second-order valence-corrected chi connectivity index (χ2v) is 3.51. The maximum absolute atomic E-state index is 11.3. The van der Waals surface area contributed by atoms with E-state index in [2.05, 4.69) is 9.97 Å². The van der Waals surface area contributed by atoms with Crippen LogP contribution in [-0.2, 0) is 0 Å². The Morgan fingerprint density at radius 3 is 2.75 bits per heavy atom. The molecule has 0 aliphatic heterocycles. The van der Waals surface area contributed by atoms with E-state index in [0.29, 0.717) is 11.3 Å². The molecular formula is C12H11N3O. The van der Waals surface area contributed by atoms with Crippen LogP contribution in [0.3, 0.4) is 0 Å². The number of primary amides is 1. The summed E-state index contributed by atoms with van der Waals surface area (Å²) in [6.07, 6.45) is 3.08. The molecule has 0 unspecified atom stereocenters. The Kier molecular flexibility index (Phi) is 2.64. The topological polar surface area (TPSA) is 68.9 Å². The SMILES string of the molecule is Cc1ccc(C(N)=O)c(-c2ccncn2)c1. The number of nitrogens with two attached hydrogens (primary N) is 1. The zero-order valence-corrected chi connectivity index (χ0v) is 8.84. The predicted octanol–water partition coefficient (Wildman–Crippen LogP) is 1.55. The first kappa shape index (κ1) is 10.3. The third-order valence-corrected chi connectivity index (χ3v) is 2.30.